The van der Waals surface area contributed by atoms with Crippen molar-refractivity contribution in [3.63, 3.8) is 0 Å². The minimum Gasteiger partial charge on any atom is -0.478 e. The maximum atomic E-state index is 11.6. The second-order valence-electron chi connectivity index (χ2n) is 3.68. The van der Waals surface area contributed by atoms with Crippen molar-refractivity contribution in [2.24, 2.45) is 0 Å². The van der Waals surface area contributed by atoms with Crippen LogP contribution in [0.4, 0.5) is 0 Å². The molecule has 20 heavy (non-hydrogen) atoms. The molecule has 6 heteroatoms. The molecule has 0 heterocycles. The van der Waals surface area contributed by atoms with Gasteiger partial charge >= 0.3 is 5.97 Å². The Morgan fingerprint density at radius 2 is 1.65 bits per heavy atom. The molecule has 0 atom stereocenters. The second-order valence-corrected chi connectivity index (χ2v) is 7.43. The van der Waals surface area contributed by atoms with E-state index in [1.165, 1.54) is 12.1 Å². The molecule has 0 saturated heterocycles. The van der Waals surface area contributed by atoms with Gasteiger partial charge in [0.05, 0.1) is 15.6 Å². The van der Waals surface area contributed by atoms with Gasteiger partial charge in [-0.25, -0.2) is 13.2 Å². The highest BCUT2D eigenvalue weighted by atomic mass is 32.3. The van der Waals surface area contributed by atoms with Gasteiger partial charge in [0.2, 0.25) is 0 Å². The summed E-state index contributed by atoms with van der Waals surface area (Å²) in [5, 5.41) is 8.78. The summed E-state index contributed by atoms with van der Waals surface area (Å²) in [6, 6.07) is 6.07. The van der Waals surface area contributed by atoms with Gasteiger partial charge in [0, 0.05) is 4.91 Å². The van der Waals surface area contributed by atoms with Crippen LogP contribution in [0.2, 0.25) is 0 Å². The number of sulfone groups is 1. The maximum absolute atomic E-state index is 11.6. The number of carboxylic acids is 1. The molecule has 0 aliphatic carbocycles. The van der Waals surface area contributed by atoms with Crippen LogP contribution in [0.25, 0.3) is 4.91 Å². The second kappa shape index (κ2) is 7.31. The predicted molar refractivity (Wildman–Crippen MR) is 85.4 cm³/mol. The Morgan fingerprint density at radius 3 is 2.05 bits per heavy atom. The van der Waals surface area contributed by atoms with E-state index in [2.05, 4.69) is 13.2 Å². The number of carbonyl (C=O) groups is 1. The average Bonchev–Trinajstić information content (AvgIpc) is 2.38. The number of hydrogen-bond acceptors (Lipinski definition) is 4. The van der Waals surface area contributed by atoms with Crippen LogP contribution in [0.1, 0.15) is 30.3 Å². The molecule has 1 rings (SSSR count). The number of hydrogen-bond donors (Lipinski definition) is 1. The summed E-state index contributed by atoms with van der Waals surface area (Å²) in [4.78, 5) is 11.2. The van der Waals surface area contributed by atoms with Crippen LogP contribution >= 0.6 is 11.8 Å². The Hall–Kier alpha value is -1.53. The fourth-order valence-electron chi connectivity index (χ4n) is 1.22. The Bertz CT molecular complexity index is 613. The van der Waals surface area contributed by atoms with Gasteiger partial charge in [-0.15, -0.1) is 0 Å². The topological polar surface area (TPSA) is 71.4 Å². The van der Waals surface area contributed by atoms with Crippen molar-refractivity contribution >= 4 is 32.5 Å². The van der Waals surface area contributed by atoms with Gasteiger partial charge in [-0.1, -0.05) is 51.4 Å². The minimum absolute atomic E-state index is 0. The normalized spacial score (nSPS) is 10.4. The van der Waals surface area contributed by atoms with Gasteiger partial charge in [-0.3, -0.25) is 0 Å². The molecule has 110 valence electrons. The van der Waals surface area contributed by atoms with Crippen LogP contribution in [-0.4, -0.2) is 25.2 Å². The third-order valence-corrected chi connectivity index (χ3v) is 5.59. The van der Waals surface area contributed by atoms with E-state index in [-0.39, 0.29) is 23.0 Å². The van der Waals surface area contributed by atoms with Crippen molar-refractivity contribution in [2.45, 2.75) is 14.4 Å². The molecular formula is C14H18O4S2. The van der Waals surface area contributed by atoms with E-state index in [1.807, 2.05) is 0 Å². The summed E-state index contributed by atoms with van der Waals surface area (Å²) in [6.07, 6.45) is 0. The zero-order valence-electron chi connectivity index (χ0n) is 10.4. The van der Waals surface area contributed by atoms with Crippen molar-refractivity contribution in [3.8, 4) is 0 Å². The molecule has 0 aromatic heterocycles. The fourth-order valence-corrected chi connectivity index (χ4v) is 3.23. The summed E-state index contributed by atoms with van der Waals surface area (Å²) in [5.41, 5.74) is 0.837. The van der Waals surface area contributed by atoms with Crippen LogP contribution in [0, 0.1) is 0 Å². The SMILES string of the molecule is C.C=C(SC(=C)S(=O)(=O)CC)c1ccc(C(=O)O)cc1. The van der Waals surface area contributed by atoms with Crippen molar-refractivity contribution in [2.75, 3.05) is 5.75 Å². The zero-order chi connectivity index (χ0) is 14.6. The van der Waals surface area contributed by atoms with Gasteiger partial charge in [0.25, 0.3) is 0 Å². The highest BCUT2D eigenvalue weighted by molar-refractivity contribution is 8.23. The van der Waals surface area contributed by atoms with Crippen molar-refractivity contribution in [1.29, 1.82) is 0 Å². The largest absolute Gasteiger partial charge is 0.478 e. The van der Waals surface area contributed by atoms with Crippen LogP contribution in [0.15, 0.2) is 41.7 Å². The highest BCUT2D eigenvalue weighted by Gasteiger charge is 2.15. The van der Waals surface area contributed by atoms with Crippen molar-refractivity contribution in [3.05, 3.63) is 52.8 Å². The Morgan fingerprint density at radius 1 is 1.20 bits per heavy atom. The van der Waals surface area contributed by atoms with Gasteiger partial charge in [0.1, 0.15) is 0 Å². The average molecular weight is 314 g/mol. The molecule has 0 saturated carbocycles. The lowest BCUT2D eigenvalue weighted by Gasteiger charge is -2.08. The zero-order valence-corrected chi connectivity index (χ0v) is 12.1. The van der Waals surface area contributed by atoms with E-state index in [9.17, 15) is 13.2 Å². The number of aromatic carboxylic acids is 1. The summed E-state index contributed by atoms with van der Waals surface area (Å²) in [7, 11) is -3.31. The molecule has 0 fully saturated rings. The Balaban J connectivity index is 0.00000361. The molecule has 1 aromatic rings. The number of benzene rings is 1. The molecule has 0 aliphatic rings. The van der Waals surface area contributed by atoms with E-state index in [1.54, 1.807) is 19.1 Å². The van der Waals surface area contributed by atoms with E-state index >= 15 is 0 Å². The van der Waals surface area contributed by atoms with Crippen molar-refractivity contribution < 1.29 is 18.3 Å². The van der Waals surface area contributed by atoms with Crippen LogP contribution in [0.5, 0.6) is 0 Å². The summed E-state index contributed by atoms with van der Waals surface area (Å²) >= 11 is 0.974. The first-order chi connectivity index (χ1) is 8.77. The maximum Gasteiger partial charge on any atom is 0.335 e. The molecule has 0 unspecified atom stereocenters. The monoisotopic (exact) mass is 314 g/mol. The quantitative estimate of drug-likeness (QED) is 0.868. The molecule has 0 amide bonds. The summed E-state index contributed by atoms with van der Waals surface area (Å²) < 4.78 is 23.2. The first-order valence-corrected chi connectivity index (χ1v) is 7.87. The fraction of sp³-hybridized carbons (Fsp3) is 0.214. The lowest BCUT2D eigenvalue weighted by Crippen LogP contribution is -2.03. The van der Waals surface area contributed by atoms with Gasteiger partial charge in [-0.05, 0) is 17.7 Å². The van der Waals surface area contributed by atoms with Gasteiger partial charge < -0.3 is 5.11 Å². The van der Waals surface area contributed by atoms with Crippen LogP contribution in [0.3, 0.4) is 0 Å². The highest BCUT2D eigenvalue weighted by Crippen LogP contribution is 2.34. The van der Waals surface area contributed by atoms with Crippen LogP contribution < -0.4 is 0 Å². The number of thioether (sulfide) groups is 1. The van der Waals surface area contributed by atoms with Gasteiger partial charge in [0.15, 0.2) is 9.84 Å². The Kier molecular flexibility index (Phi) is 6.75. The molecule has 0 aliphatic heterocycles. The molecule has 4 nitrogen and oxygen atoms in total. The van der Waals surface area contributed by atoms with E-state index in [0.29, 0.717) is 10.5 Å². The first kappa shape index (κ1) is 18.5. The number of rotatable bonds is 6. The lowest BCUT2D eigenvalue weighted by molar-refractivity contribution is 0.0697. The third kappa shape index (κ3) is 4.54. The van der Waals surface area contributed by atoms with Crippen LogP contribution in [-0.2, 0) is 9.84 Å². The lowest BCUT2D eigenvalue weighted by atomic mass is 10.1. The van der Waals surface area contributed by atoms with Crippen molar-refractivity contribution in [1.82, 2.24) is 0 Å². The molecule has 1 aromatic carbocycles. The smallest absolute Gasteiger partial charge is 0.335 e. The standard InChI is InChI=1S/C13H14O4S2.CH4/c1-4-19(16,17)10(3)18-9(2)11-5-7-12(8-6-11)13(14)15;/h5-8H,2-4H2,1H3,(H,14,15);1H4. The minimum atomic E-state index is -3.31. The third-order valence-electron chi connectivity index (χ3n) is 2.42. The Labute approximate surface area is 124 Å². The van der Waals surface area contributed by atoms with E-state index in [0.717, 1.165) is 11.8 Å². The summed E-state index contributed by atoms with van der Waals surface area (Å²) in [5.74, 6) is -1.02. The molecule has 0 radical (unpaired) electrons. The summed E-state index contributed by atoms with van der Waals surface area (Å²) in [6.45, 7) is 8.85. The molecular weight excluding hydrogens is 296 g/mol. The molecule has 0 bridgehead atoms. The number of carboxylic acid groups (broad SMARTS) is 1. The first-order valence-electron chi connectivity index (χ1n) is 5.40. The molecule has 1 N–H and O–H groups in total. The van der Waals surface area contributed by atoms with E-state index in [4.69, 9.17) is 5.11 Å². The van der Waals surface area contributed by atoms with E-state index < -0.39 is 15.8 Å². The molecule has 0 spiro atoms. The predicted octanol–water partition coefficient (Wildman–Crippen LogP) is 3.63. The van der Waals surface area contributed by atoms with Gasteiger partial charge in [-0.2, -0.15) is 0 Å².